The molecule has 0 aromatic heterocycles. The van der Waals surface area contributed by atoms with Crippen molar-refractivity contribution in [3.05, 3.63) is 35.9 Å². The molecule has 0 amide bonds. The van der Waals surface area contributed by atoms with Crippen LogP contribution in [0.1, 0.15) is 31.7 Å². The average Bonchev–Trinajstić information content (AvgIpc) is 2.35. The molecule has 0 spiro atoms. The van der Waals surface area contributed by atoms with E-state index in [1.165, 1.54) is 5.56 Å². The third-order valence-corrected chi connectivity index (χ3v) is 2.74. The molecular weight excluding hydrogens is 200 g/mol. The number of carbonyl (C=O) groups is 1. The van der Waals surface area contributed by atoms with Crippen molar-refractivity contribution >= 4 is 6.29 Å². The van der Waals surface area contributed by atoms with E-state index in [1.54, 1.807) is 0 Å². The number of hydrogen-bond donors (Lipinski definition) is 0. The molecule has 0 aliphatic heterocycles. The summed E-state index contributed by atoms with van der Waals surface area (Å²) >= 11 is 0. The topological polar surface area (TPSA) is 26.3 Å². The lowest BCUT2D eigenvalue weighted by Gasteiger charge is -2.13. The Bertz CT molecular complexity index is 282. The van der Waals surface area contributed by atoms with E-state index in [9.17, 15) is 4.79 Å². The van der Waals surface area contributed by atoms with Crippen LogP contribution in [0.25, 0.3) is 0 Å². The van der Waals surface area contributed by atoms with Gasteiger partial charge in [-0.3, -0.25) is 0 Å². The maximum Gasteiger partial charge on any atom is 0.120 e. The van der Waals surface area contributed by atoms with Gasteiger partial charge in [-0.25, -0.2) is 0 Å². The summed E-state index contributed by atoms with van der Waals surface area (Å²) in [7, 11) is 0. The van der Waals surface area contributed by atoms with E-state index in [4.69, 9.17) is 4.74 Å². The van der Waals surface area contributed by atoms with Crippen molar-refractivity contribution in [1.29, 1.82) is 0 Å². The summed E-state index contributed by atoms with van der Waals surface area (Å²) in [5, 5.41) is 0. The SMILES string of the molecule is CC[C@H](CCC=O)COCc1ccccc1. The van der Waals surface area contributed by atoms with Crippen LogP contribution < -0.4 is 0 Å². The molecule has 0 fully saturated rings. The fourth-order valence-electron chi connectivity index (χ4n) is 1.63. The minimum Gasteiger partial charge on any atom is -0.376 e. The standard InChI is InChI=1S/C14H20O2/c1-2-13(9-6-10-15)11-16-12-14-7-4-3-5-8-14/h3-5,7-8,10,13H,2,6,9,11-12H2,1H3/t13-/m1/s1. The molecule has 0 unspecified atom stereocenters. The van der Waals surface area contributed by atoms with E-state index in [2.05, 4.69) is 19.1 Å². The van der Waals surface area contributed by atoms with Gasteiger partial charge < -0.3 is 9.53 Å². The largest absolute Gasteiger partial charge is 0.376 e. The van der Waals surface area contributed by atoms with Crippen LogP contribution in [0.5, 0.6) is 0 Å². The number of ether oxygens (including phenoxy) is 1. The quantitative estimate of drug-likeness (QED) is 0.629. The number of benzene rings is 1. The molecule has 0 aliphatic rings. The first kappa shape index (κ1) is 12.9. The van der Waals surface area contributed by atoms with E-state index in [0.717, 1.165) is 25.7 Å². The molecule has 0 saturated carbocycles. The summed E-state index contributed by atoms with van der Waals surface area (Å²) in [5.41, 5.74) is 1.20. The molecule has 88 valence electrons. The van der Waals surface area contributed by atoms with Gasteiger partial charge in [0.05, 0.1) is 6.61 Å². The van der Waals surface area contributed by atoms with E-state index < -0.39 is 0 Å². The number of aldehydes is 1. The second-order valence-corrected chi connectivity index (χ2v) is 4.02. The second-order valence-electron chi connectivity index (χ2n) is 4.02. The predicted octanol–water partition coefficient (Wildman–Crippen LogP) is 3.21. The van der Waals surface area contributed by atoms with Gasteiger partial charge in [0.1, 0.15) is 6.29 Å². The Morgan fingerprint density at radius 1 is 1.31 bits per heavy atom. The summed E-state index contributed by atoms with van der Waals surface area (Å²) in [6.45, 7) is 3.55. The molecule has 1 aromatic rings. The fourth-order valence-corrected chi connectivity index (χ4v) is 1.63. The molecule has 1 aromatic carbocycles. The Kier molecular flexibility index (Phi) is 6.50. The highest BCUT2D eigenvalue weighted by Crippen LogP contribution is 2.11. The predicted molar refractivity (Wildman–Crippen MR) is 65.2 cm³/mol. The van der Waals surface area contributed by atoms with Gasteiger partial charge >= 0.3 is 0 Å². The minimum absolute atomic E-state index is 0.508. The molecule has 0 bridgehead atoms. The smallest absolute Gasteiger partial charge is 0.120 e. The van der Waals surface area contributed by atoms with Gasteiger partial charge in [0, 0.05) is 13.0 Å². The van der Waals surface area contributed by atoms with Gasteiger partial charge in [-0.05, 0) is 17.9 Å². The summed E-state index contributed by atoms with van der Waals surface area (Å²) < 4.78 is 5.65. The van der Waals surface area contributed by atoms with Crippen LogP contribution >= 0.6 is 0 Å². The molecule has 16 heavy (non-hydrogen) atoms. The maximum atomic E-state index is 10.3. The maximum absolute atomic E-state index is 10.3. The monoisotopic (exact) mass is 220 g/mol. The summed E-state index contributed by atoms with van der Waals surface area (Å²) in [6.07, 6.45) is 3.64. The molecule has 0 saturated heterocycles. The summed E-state index contributed by atoms with van der Waals surface area (Å²) in [6, 6.07) is 10.2. The van der Waals surface area contributed by atoms with Gasteiger partial charge in [0.2, 0.25) is 0 Å². The summed E-state index contributed by atoms with van der Waals surface area (Å²) in [4.78, 5) is 10.3. The average molecular weight is 220 g/mol. The van der Waals surface area contributed by atoms with Crippen LogP contribution in [-0.2, 0) is 16.1 Å². The van der Waals surface area contributed by atoms with Gasteiger partial charge in [0.25, 0.3) is 0 Å². The number of rotatable bonds is 8. The molecule has 0 heterocycles. The second kappa shape index (κ2) is 8.05. The van der Waals surface area contributed by atoms with Crippen molar-refractivity contribution in [1.82, 2.24) is 0 Å². The van der Waals surface area contributed by atoms with Gasteiger partial charge in [0.15, 0.2) is 0 Å². The molecule has 0 aliphatic carbocycles. The zero-order valence-corrected chi connectivity index (χ0v) is 9.89. The Labute approximate surface area is 97.6 Å². The van der Waals surface area contributed by atoms with Crippen LogP contribution in [0.4, 0.5) is 0 Å². The van der Waals surface area contributed by atoms with Crippen LogP contribution in [0, 0.1) is 5.92 Å². The van der Waals surface area contributed by atoms with Gasteiger partial charge in [-0.15, -0.1) is 0 Å². The first-order valence-corrected chi connectivity index (χ1v) is 5.92. The van der Waals surface area contributed by atoms with Crippen LogP contribution in [0.2, 0.25) is 0 Å². The van der Waals surface area contributed by atoms with Crippen molar-refractivity contribution in [3.8, 4) is 0 Å². The molecule has 2 heteroatoms. The Balaban J connectivity index is 2.20. The minimum atomic E-state index is 0.508. The first-order chi connectivity index (χ1) is 7.86. The van der Waals surface area contributed by atoms with Crippen molar-refractivity contribution in [2.24, 2.45) is 5.92 Å². The Morgan fingerprint density at radius 3 is 2.69 bits per heavy atom. The van der Waals surface area contributed by atoms with Crippen LogP contribution in [0.3, 0.4) is 0 Å². The van der Waals surface area contributed by atoms with Crippen LogP contribution in [0.15, 0.2) is 30.3 Å². The molecule has 1 rings (SSSR count). The van der Waals surface area contributed by atoms with Gasteiger partial charge in [-0.1, -0.05) is 43.7 Å². The highest BCUT2D eigenvalue weighted by atomic mass is 16.5. The van der Waals surface area contributed by atoms with Crippen molar-refractivity contribution < 1.29 is 9.53 Å². The molecule has 0 radical (unpaired) electrons. The van der Waals surface area contributed by atoms with E-state index in [0.29, 0.717) is 18.9 Å². The zero-order valence-electron chi connectivity index (χ0n) is 9.89. The van der Waals surface area contributed by atoms with Gasteiger partial charge in [-0.2, -0.15) is 0 Å². The third-order valence-electron chi connectivity index (χ3n) is 2.74. The number of hydrogen-bond acceptors (Lipinski definition) is 2. The fraction of sp³-hybridized carbons (Fsp3) is 0.500. The first-order valence-electron chi connectivity index (χ1n) is 5.92. The molecule has 1 atom stereocenters. The molecule has 0 N–H and O–H groups in total. The molecule has 2 nitrogen and oxygen atoms in total. The van der Waals surface area contributed by atoms with Crippen molar-refractivity contribution in [3.63, 3.8) is 0 Å². The van der Waals surface area contributed by atoms with Crippen molar-refractivity contribution in [2.45, 2.75) is 32.8 Å². The number of carbonyl (C=O) groups excluding carboxylic acids is 1. The van der Waals surface area contributed by atoms with Crippen LogP contribution in [-0.4, -0.2) is 12.9 Å². The van der Waals surface area contributed by atoms with E-state index >= 15 is 0 Å². The normalized spacial score (nSPS) is 12.3. The summed E-state index contributed by atoms with van der Waals surface area (Å²) in [5.74, 6) is 0.508. The lowest BCUT2D eigenvalue weighted by Crippen LogP contribution is -2.09. The van der Waals surface area contributed by atoms with E-state index in [1.807, 2.05) is 18.2 Å². The Hall–Kier alpha value is -1.15. The third kappa shape index (κ3) is 5.08. The van der Waals surface area contributed by atoms with E-state index in [-0.39, 0.29) is 0 Å². The highest BCUT2D eigenvalue weighted by Gasteiger charge is 2.05. The zero-order chi connectivity index (χ0) is 11.6. The lowest BCUT2D eigenvalue weighted by atomic mass is 10.0. The highest BCUT2D eigenvalue weighted by molar-refractivity contribution is 5.49. The Morgan fingerprint density at radius 2 is 2.06 bits per heavy atom. The van der Waals surface area contributed by atoms with Crippen molar-refractivity contribution in [2.75, 3.05) is 6.61 Å². The lowest BCUT2D eigenvalue weighted by molar-refractivity contribution is -0.108. The molecular formula is C14H20O2.